The standard InChI is InChI=1S/C27H25ClN2O8/c1-12-7-16-21(15(9-20(32)30-16)13-5-4-6-14(8-13)37-11-19(29)31)25(33)27(12)26(34)22-17(35-2)10-18(36-3)23(28)24(22)38-27/h4-6,8,10,12,15H,7,9,11H2,1-3H3,(H2,29,31)(H,30,32)/t12-,15+,27+/m1/s1. The molecule has 1 spiro atoms. The van der Waals surface area contributed by atoms with Crippen LogP contribution in [0.25, 0.3) is 0 Å². The molecule has 0 fully saturated rings. The van der Waals surface area contributed by atoms with Crippen LogP contribution in [-0.4, -0.2) is 49.8 Å². The third kappa shape index (κ3) is 3.78. The van der Waals surface area contributed by atoms with Crippen LogP contribution in [0.4, 0.5) is 0 Å². The van der Waals surface area contributed by atoms with E-state index >= 15 is 0 Å². The number of hydrogen-bond acceptors (Lipinski definition) is 8. The second-order valence-corrected chi connectivity index (χ2v) is 9.80. The van der Waals surface area contributed by atoms with E-state index in [4.69, 9.17) is 36.3 Å². The predicted octanol–water partition coefficient (Wildman–Crippen LogP) is 2.70. The van der Waals surface area contributed by atoms with Crippen LogP contribution in [0.3, 0.4) is 0 Å². The summed E-state index contributed by atoms with van der Waals surface area (Å²) < 4.78 is 22.4. The molecule has 11 heteroatoms. The molecule has 0 unspecified atom stereocenters. The van der Waals surface area contributed by atoms with Gasteiger partial charge in [0.25, 0.3) is 5.91 Å². The van der Waals surface area contributed by atoms with Gasteiger partial charge in [-0.05, 0) is 24.1 Å². The van der Waals surface area contributed by atoms with Crippen molar-refractivity contribution in [3.63, 3.8) is 0 Å². The van der Waals surface area contributed by atoms with E-state index in [9.17, 15) is 19.2 Å². The highest BCUT2D eigenvalue weighted by Gasteiger charge is 2.63. The Labute approximate surface area is 223 Å². The number of nitrogens with one attached hydrogen (secondary N) is 1. The third-order valence-electron chi connectivity index (χ3n) is 7.20. The topological polar surface area (TPSA) is 143 Å². The summed E-state index contributed by atoms with van der Waals surface area (Å²) >= 11 is 6.51. The largest absolute Gasteiger partial charge is 0.496 e. The van der Waals surface area contributed by atoms with Gasteiger partial charge in [0.05, 0.1) is 14.2 Å². The van der Waals surface area contributed by atoms with Crippen molar-refractivity contribution in [1.29, 1.82) is 0 Å². The summed E-state index contributed by atoms with van der Waals surface area (Å²) in [6, 6.07) is 8.20. The number of benzene rings is 2. The Balaban J connectivity index is 1.61. The van der Waals surface area contributed by atoms with Crippen LogP contribution in [0, 0.1) is 5.92 Å². The van der Waals surface area contributed by atoms with Crippen LogP contribution in [-0.2, 0) is 14.4 Å². The quantitative estimate of drug-likeness (QED) is 0.532. The van der Waals surface area contributed by atoms with Crippen molar-refractivity contribution in [1.82, 2.24) is 5.32 Å². The average molecular weight is 541 g/mol. The number of Topliss-reactive ketones (excluding diaryl/α,β-unsaturated/α-hetero) is 2. The average Bonchev–Trinajstić information content (AvgIpc) is 3.21. The van der Waals surface area contributed by atoms with Gasteiger partial charge in [0.2, 0.25) is 23.1 Å². The van der Waals surface area contributed by atoms with Crippen molar-refractivity contribution in [2.75, 3.05) is 20.8 Å². The van der Waals surface area contributed by atoms with Crippen molar-refractivity contribution >= 4 is 35.0 Å². The molecular weight excluding hydrogens is 516 g/mol. The van der Waals surface area contributed by atoms with Crippen LogP contribution in [0.2, 0.25) is 5.02 Å². The molecule has 2 amide bonds. The maximum Gasteiger partial charge on any atom is 0.255 e. The predicted molar refractivity (Wildman–Crippen MR) is 135 cm³/mol. The zero-order chi connectivity index (χ0) is 27.4. The Morgan fingerprint density at radius 1 is 1.13 bits per heavy atom. The fourth-order valence-corrected chi connectivity index (χ4v) is 5.71. The van der Waals surface area contributed by atoms with Crippen LogP contribution in [0.15, 0.2) is 41.6 Å². The summed E-state index contributed by atoms with van der Waals surface area (Å²) in [5.41, 5.74) is 4.68. The molecule has 2 heterocycles. The first-order valence-electron chi connectivity index (χ1n) is 11.9. The van der Waals surface area contributed by atoms with Gasteiger partial charge in [-0.3, -0.25) is 19.2 Å². The van der Waals surface area contributed by atoms with Gasteiger partial charge in [-0.25, -0.2) is 0 Å². The minimum atomic E-state index is -1.90. The summed E-state index contributed by atoms with van der Waals surface area (Å²) in [6.07, 6.45) is 0.172. The fourth-order valence-electron chi connectivity index (χ4n) is 5.45. The Morgan fingerprint density at radius 3 is 2.55 bits per heavy atom. The van der Waals surface area contributed by atoms with E-state index in [2.05, 4.69) is 5.32 Å². The first-order chi connectivity index (χ1) is 18.1. The van der Waals surface area contributed by atoms with Crippen molar-refractivity contribution in [2.24, 2.45) is 11.7 Å². The Morgan fingerprint density at radius 2 is 1.87 bits per heavy atom. The number of primary amides is 1. The normalized spacial score (nSPS) is 23.9. The molecule has 0 saturated heterocycles. The van der Waals surface area contributed by atoms with E-state index in [0.29, 0.717) is 17.0 Å². The molecule has 3 aliphatic rings. The van der Waals surface area contributed by atoms with Crippen molar-refractivity contribution in [2.45, 2.75) is 31.3 Å². The molecule has 198 valence electrons. The highest BCUT2D eigenvalue weighted by atomic mass is 35.5. The van der Waals surface area contributed by atoms with E-state index in [1.165, 1.54) is 20.3 Å². The van der Waals surface area contributed by atoms with Gasteiger partial charge < -0.3 is 30.0 Å². The first kappa shape index (κ1) is 25.6. The summed E-state index contributed by atoms with van der Waals surface area (Å²) in [5.74, 6) is -2.55. The maximum atomic E-state index is 14.4. The fraction of sp³-hybridized carbons (Fsp3) is 0.333. The number of methoxy groups -OCH3 is 2. The van der Waals surface area contributed by atoms with E-state index < -0.39 is 34.9 Å². The van der Waals surface area contributed by atoms with Crippen LogP contribution in [0.5, 0.6) is 23.0 Å². The first-order valence-corrected chi connectivity index (χ1v) is 12.3. The van der Waals surface area contributed by atoms with Crippen LogP contribution in [0.1, 0.15) is 41.6 Å². The number of amides is 2. The Kier molecular flexibility index (Phi) is 6.30. The number of carbonyl (C=O) groups excluding carboxylic acids is 4. The summed E-state index contributed by atoms with van der Waals surface area (Å²) in [6.45, 7) is 1.39. The number of allylic oxidation sites excluding steroid dienone is 1. The second kappa shape index (κ2) is 9.36. The second-order valence-electron chi connectivity index (χ2n) is 9.42. The molecule has 1 aliphatic carbocycles. The molecule has 38 heavy (non-hydrogen) atoms. The number of carbonyl (C=O) groups is 4. The lowest BCUT2D eigenvalue weighted by atomic mass is 9.66. The van der Waals surface area contributed by atoms with Gasteiger partial charge in [-0.15, -0.1) is 0 Å². The van der Waals surface area contributed by atoms with Gasteiger partial charge in [-0.1, -0.05) is 30.7 Å². The summed E-state index contributed by atoms with van der Waals surface area (Å²) in [4.78, 5) is 52.2. The number of nitrogens with two attached hydrogens (primary N) is 1. The molecule has 3 atom stereocenters. The van der Waals surface area contributed by atoms with Crippen molar-refractivity contribution in [3.8, 4) is 23.0 Å². The Hall–Kier alpha value is -4.05. The number of hydrogen-bond donors (Lipinski definition) is 2. The van der Waals surface area contributed by atoms with Gasteiger partial charge in [0, 0.05) is 35.6 Å². The highest BCUT2D eigenvalue weighted by molar-refractivity contribution is 6.36. The minimum absolute atomic E-state index is 0.0235. The molecule has 0 bridgehead atoms. The number of rotatable bonds is 6. The molecule has 0 aromatic heterocycles. The molecule has 2 aromatic rings. The SMILES string of the molecule is COc1cc(OC)c2c(c1Cl)O[C@@]1(C(=O)C3=C(C[C@H]1C)NC(=O)C[C@H]3c1cccc(OCC(N)=O)c1)C2=O. The minimum Gasteiger partial charge on any atom is -0.496 e. The maximum absolute atomic E-state index is 14.4. The molecular formula is C27H25ClN2O8. The van der Waals surface area contributed by atoms with Gasteiger partial charge in [0.1, 0.15) is 27.8 Å². The number of fused-ring (bicyclic) bond motifs is 1. The number of ether oxygens (including phenoxy) is 4. The zero-order valence-corrected chi connectivity index (χ0v) is 21.6. The highest BCUT2D eigenvalue weighted by Crippen LogP contribution is 2.55. The molecule has 0 saturated carbocycles. The van der Waals surface area contributed by atoms with Crippen molar-refractivity contribution < 1.29 is 38.1 Å². The lowest BCUT2D eigenvalue weighted by molar-refractivity contribution is -0.131. The summed E-state index contributed by atoms with van der Waals surface area (Å²) in [7, 11) is 2.82. The van der Waals surface area contributed by atoms with Gasteiger partial charge in [0.15, 0.2) is 12.4 Å². The molecule has 0 radical (unpaired) electrons. The molecule has 10 nitrogen and oxygen atoms in total. The lowest BCUT2D eigenvalue weighted by Gasteiger charge is -2.41. The molecule has 2 aliphatic heterocycles. The van der Waals surface area contributed by atoms with Crippen LogP contribution >= 0.6 is 11.6 Å². The lowest BCUT2D eigenvalue weighted by Crippen LogP contribution is -2.59. The van der Waals surface area contributed by atoms with Crippen LogP contribution < -0.4 is 30.0 Å². The molecule has 3 N–H and O–H groups in total. The number of halogens is 1. The van der Waals surface area contributed by atoms with Gasteiger partial charge >= 0.3 is 0 Å². The van der Waals surface area contributed by atoms with Crippen molar-refractivity contribution in [3.05, 3.63) is 57.8 Å². The van der Waals surface area contributed by atoms with E-state index in [-0.39, 0.29) is 58.8 Å². The molecule has 2 aromatic carbocycles. The van der Waals surface area contributed by atoms with E-state index in [1.807, 2.05) is 0 Å². The smallest absolute Gasteiger partial charge is 0.255 e. The van der Waals surface area contributed by atoms with E-state index in [0.717, 1.165) is 0 Å². The molecule has 5 rings (SSSR count). The third-order valence-corrected chi connectivity index (χ3v) is 7.56. The monoisotopic (exact) mass is 540 g/mol. The van der Waals surface area contributed by atoms with Gasteiger partial charge in [-0.2, -0.15) is 0 Å². The zero-order valence-electron chi connectivity index (χ0n) is 20.9. The van der Waals surface area contributed by atoms with E-state index in [1.54, 1.807) is 31.2 Å². The summed E-state index contributed by atoms with van der Waals surface area (Å²) in [5, 5.41) is 2.87. The Bertz CT molecular complexity index is 1430. The number of ketones is 2.